The quantitative estimate of drug-likeness (QED) is 0.593. The van der Waals surface area contributed by atoms with Crippen molar-refractivity contribution in [2.45, 2.75) is 38.5 Å². The molecule has 0 saturated heterocycles. The van der Waals surface area contributed by atoms with Crippen LogP contribution in [-0.2, 0) is 16.6 Å². The molecule has 0 radical (unpaired) electrons. The van der Waals surface area contributed by atoms with E-state index in [0.29, 0.717) is 13.0 Å². The summed E-state index contributed by atoms with van der Waals surface area (Å²) >= 11 is 7.66. The van der Waals surface area contributed by atoms with Gasteiger partial charge in [-0.25, -0.2) is 4.98 Å². The van der Waals surface area contributed by atoms with E-state index >= 15 is 0 Å². The minimum absolute atomic E-state index is 0.0909. The van der Waals surface area contributed by atoms with Crippen molar-refractivity contribution in [2.24, 2.45) is 0 Å². The average Bonchev–Trinajstić information content (AvgIpc) is 3.03. The zero-order chi connectivity index (χ0) is 18.6. The Morgan fingerprint density at radius 2 is 1.88 bits per heavy atom. The second-order valence-electron chi connectivity index (χ2n) is 7.10. The lowest BCUT2D eigenvalue weighted by molar-refractivity contribution is -0.121. The van der Waals surface area contributed by atoms with Gasteiger partial charge in [-0.3, -0.25) is 4.79 Å². The Labute approximate surface area is 163 Å². The number of nitrogens with zero attached hydrogens (tertiary/aromatic N) is 1. The molecule has 3 rings (SSSR count). The van der Waals surface area contributed by atoms with Crippen LogP contribution in [0.1, 0.15) is 37.3 Å². The fourth-order valence-corrected chi connectivity index (χ4v) is 3.97. The van der Waals surface area contributed by atoms with Crippen molar-refractivity contribution in [3.63, 3.8) is 0 Å². The maximum Gasteiger partial charge on any atom is 0.220 e. The highest BCUT2D eigenvalue weighted by atomic mass is 35.5. The first kappa shape index (κ1) is 18.9. The number of halogens is 1. The van der Waals surface area contributed by atoms with Crippen LogP contribution in [0, 0.1) is 0 Å². The molecule has 0 aliphatic heterocycles. The first-order valence-electron chi connectivity index (χ1n) is 8.81. The molecule has 0 atom stereocenters. The highest BCUT2D eigenvalue weighted by Gasteiger charge is 2.21. The van der Waals surface area contributed by atoms with Gasteiger partial charge in [0.1, 0.15) is 0 Å². The van der Waals surface area contributed by atoms with E-state index in [1.165, 1.54) is 4.70 Å². The number of para-hydroxylation sites is 1. The molecule has 0 fully saturated rings. The van der Waals surface area contributed by atoms with Crippen molar-refractivity contribution in [1.29, 1.82) is 0 Å². The lowest BCUT2D eigenvalue weighted by Crippen LogP contribution is -2.36. The van der Waals surface area contributed by atoms with Crippen LogP contribution in [0.15, 0.2) is 48.5 Å². The van der Waals surface area contributed by atoms with E-state index in [4.69, 9.17) is 11.6 Å². The Hall–Kier alpha value is -1.91. The van der Waals surface area contributed by atoms with Crippen LogP contribution in [-0.4, -0.2) is 17.4 Å². The zero-order valence-electron chi connectivity index (χ0n) is 15.1. The number of rotatable bonds is 7. The molecule has 2 aromatic carbocycles. The van der Waals surface area contributed by atoms with Gasteiger partial charge in [0.25, 0.3) is 0 Å². The SMILES string of the molecule is CC(C)(CNC(=O)CCCc1nc2ccccc2s1)c1ccc(Cl)cc1. The number of carbonyl (C=O) groups is 1. The van der Waals surface area contributed by atoms with E-state index < -0.39 is 0 Å². The molecule has 1 aromatic heterocycles. The Morgan fingerprint density at radius 3 is 2.62 bits per heavy atom. The van der Waals surface area contributed by atoms with E-state index in [1.807, 2.05) is 42.5 Å². The predicted octanol–water partition coefficient (Wildman–Crippen LogP) is 5.37. The third-order valence-corrected chi connectivity index (χ3v) is 5.83. The zero-order valence-corrected chi connectivity index (χ0v) is 16.7. The van der Waals surface area contributed by atoms with Gasteiger partial charge in [-0.1, -0.05) is 49.7 Å². The van der Waals surface area contributed by atoms with E-state index in [9.17, 15) is 4.79 Å². The summed E-state index contributed by atoms with van der Waals surface area (Å²) < 4.78 is 1.21. The normalized spacial score (nSPS) is 11.7. The summed E-state index contributed by atoms with van der Waals surface area (Å²) in [5.74, 6) is 0.0909. The second-order valence-corrected chi connectivity index (χ2v) is 8.65. The lowest BCUT2D eigenvalue weighted by atomic mass is 9.84. The molecule has 1 amide bonds. The maximum absolute atomic E-state index is 12.2. The molecule has 0 bridgehead atoms. The summed E-state index contributed by atoms with van der Waals surface area (Å²) in [6, 6.07) is 15.9. The van der Waals surface area contributed by atoms with Gasteiger partial charge in [-0.2, -0.15) is 0 Å². The van der Waals surface area contributed by atoms with Gasteiger partial charge < -0.3 is 5.32 Å². The average molecular weight is 387 g/mol. The van der Waals surface area contributed by atoms with Crippen molar-refractivity contribution in [3.8, 4) is 0 Å². The molecular weight excluding hydrogens is 364 g/mol. The highest BCUT2D eigenvalue weighted by Crippen LogP contribution is 2.24. The standard InChI is InChI=1S/C21H23ClN2OS/c1-21(2,15-10-12-16(22)13-11-15)14-23-19(25)8-5-9-20-24-17-6-3-4-7-18(17)26-20/h3-4,6-7,10-13H,5,8-9,14H2,1-2H3,(H,23,25). The molecule has 0 spiro atoms. The summed E-state index contributed by atoms with van der Waals surface area (Å²) in [6.07, 6.45) is 2.17. The molecule has 1 N–H and O–H groups in total. The predicted molar refractivity (Wildman–Crippen MR) is 110 cm³/mol. The monoisotopic (exact) mass is 386 g/mol. The van der Waals surface area contributed by atoms with Crippen molar-refractivity contribution < 1.29 is 4.79 Å². The van der Waals surface area contributed by atoms with Crippen molar-refractivity contribution in [1.82, 2.24) is 10.3 Å². The second kappa shape index (κ2) is 8.19. The fraction of sp³-hybridized carbons (Fsp3) is 0.333. The number of fused-ring (bicyclic) bond motifs is 1. The minimum atomic E-state index is -0.132. The number of hydrogen-bond donors (Lipinski definition) is 1. The maximum atomic E-state index is 12.2. The lowest BCUT2D eigenvalue weighted by Gasteiger charge is -2.25. The van der Waals surface area contributed by atoms with Gasteiger partial charge in [-0.05, 0) is 42.7 Å². The number of aromatic nitrogens is 1. The Kier molecular flexibility index (Phi) is 5.94. The number of nitrogens with one attached hydrogen (secondary N) is 1. The number of carbonyl (C=O) groups excluding carboxylic acids is 1. The van der Waals surface area contributed by atoms with Crippen LogP contribution >= 0.6 is 22.9 Å². The van der Waals surface area contributed by atoms with Gasteiger partial charge in [0.05, 0.1) is 15.2 Å². The number of benzene rings is 2. The van der Waals surface area contributed by atoms with E-state index in [1.54, 1.807) is 11.3 Å². The molecule has 0 saturated carbocycles. The molecule has 5 heteroatoms. The first-order chi connectivity index (χ1) is 12.4. The van der Waals surface area contributed by atoms with E-state index in [2.05, 4.69) is 30.2 Å². The summed E-state index contributed by atoms with van der Waals surface area (Å²) in [7, 11) is 0. The number of thiazole rings is 1. The highest BCUT2D eigenvalue weighted by molar-refractivity contribution is 7.18. The molecule has 1 heterocycles. The molecule has 26 heavy (non-hydrogen) atoms. The van der Waals surface area contributed by atoms with Crippen LogP contribution in [0.5, 0.6) is 0 Å². The van der Waals surface area contributed by atoms with E-state index in [0.717, 1.165) is 34.0 Å². The Bertz CT molecular complexity index is 853. The van der Waals surface area contributed by atoms with Gasteiger partial charge in [0.2, 0.25) is 5.91 Å². The molecule has 3 aromatic rings. The van der Waals surface area contributed by atoms with Gasteiger partial charge in [-0.15, -0.1) is 11.3 Å². The van der Waals surface area contributed by atoms with Crippen molar-refractivity contribution >= 4 is 39.1 Å². The smallest absolute Gasteiger partial charge is 0.220 e. The van der Waals surface area contributed by atoms with Crippen LogP contribution in [0.25, 0.3) is 10.2 Å². The van der Waals surface area contributed by atoms with E-state index in [-0.39, 0.29) is 11.3 Å². The summed E-state index contributed by atoms with van der Waals surface area (Å²) in [5.41, 5.74) is 2.08. The fourth-order valence-electron chi connectivity index (χ4n) is 2.84. The summed E-state index contributed by atoms with van der Waals surface area (Å²) in [6.45, 7) is 4.85. The van der Waals surface area contributed by atoms with Gasteiger partial charge in [0, 0.05) is 23.4 Å². The van der Waals surface area contributed by atoms with Gasteiger partial charge in [0.15, 0.2) is 0 Å². The minimum Gasteiger partial charge on any atom is -0.355 e. The molecule has 3 nitrogen and oxygen atoms in total. The molecular formula is C21H23ClN2OS. The number of amides is 1. The van der Waals surface area contributed by atoms with Crippen LogP contribution in [0.4, 0.5) is 0 Å². The van der Waals surface area contributed by atoms with Crippen molar-refractivity contribution in [2.75, 3.05) is 6.54 Å². The van der Waals surface area contributed by atoms with Gasteiger partial charge >= 0.3 is 0 Å². The third-order valence-electron chi connectivity index (χ3n) is 4.49. The van der Waals surface area contributed by atoms with Crippen LogP contribution < -0.4 is 5.32 Å². The molecule has 0 aliphatic carbocycles. The molecule has 0 unspecified atom stereocenters. The Morgan fingerprint density at radius 1 is 1.15 bits per heavy atom. The van der Waals surface area contributed by atoms with Crippen LogP contribution in [0.3, 0.4) is 0 Å². The summed E-state index contributed by atoms with van der Waals surface area (Å²) in [5, 5.41) is 4.88. The topological polar surface area (TPSA) is 42.0 Å². The largest absolute Gasteiger partial charge is 0.355 e. The van der Waals surface area contributed by atoms with Crippen LogP contribution in [0.2, 0.25) is 5.02 Å². The van der Waals surface area contributed by atoms with Crippen molar-refractivity contribution in [3.05, 3.63) is 64.1 Å². The Balaban J connectivity index is 1.45. The third kappa shape index (κ3) is 4.83. The number of aryl methyl sites for hydroxylation is 1. The first-order valence-corrected chi connectivity index (χ1v) is 10.0. The molecule has 0 aliphatic rings. The number of hydrogen-bond acceptors (Lipinski definition) is 3. The molecule has 136 valence electrons. The summed E-state index contributed by atoms with van der Waals surface area (Å²) in [4.78, 5) is 16.8.